The van der Waals surface area contributed by atoms with Crippen molar-refractivity contribution in [2.24, 2.45) is 0 Å². The molecule has 0 amide bonds. The predicted molar refractivity (Wildman–Crippen MR) is 125 cm³/mol. The van der Waals surface area contributed by atoms with Gasteiger partial charge in [0.05, 0.1) is 17.8 Å². The number of ether oxygens (including phenoxy) is 1. The van der Waals surface area contributed by atoms with Gasteiger partial charge >= 0.3 is 0 Å². The SMILES string of the molecule is O=c1c2sc(CN3CCCCC3)cc2ncn1-c1ccc(OCCC2CCCN2)c(F)c1. The fraction of sp³-hybridized carbons (Fsp3) is 0.500. The summed E-state index contributed by atoms with van der Waals surface area (Å²) in [5.41, 5.74) is 1.01. The highest BCUT2D eigenvalue weighted by Crippen LogP contribution is 2.25. The summed E-state index contributed by atoms with van der Waals surface area (Å²) in [4.78, 5) is 21.2. The smallest absolute Gasteiger partial charge is 0.275 e. The minimum absolute atomic E-state index is 0.162. The van der Waals surface area contributed by atoms with Gasteiger partial charge in [-0.15, -0.1) is 11.3 Å². The van der Waals surface area contributed by atoms with Crippen molar-refractivity contribution in [2.75, 3.05) is 26.2 Å². The van der Waals surface area contributed by atoms with Crippen LogP contribution in [0.25, 0.3) is 15.9 Å². The van der Waals surface area contributed by atoms with E-state index >= 15 is 0 Å². The lowest BCUT2D eigenvalue weighted by molar-refractivity contribution is 0.223. The number of fused-ring (bicyclic) bond motifs is 1. The second kappa shape index (κ2) is 9.68. The molecule has 2 aromatic heterocycles. The van der Waals surface area contributed by atoms with E-state index in [1.165, 1.54) is 54.0 Å². The van der Waals surface area contributed by atoms with Crippen LogP contribution in [0.5, 0.6) is 5.75 Å². The molecule has 2 fully saturated rings. The van der Waals surface area contributed by atoms with Crippen molar-refractivity contribution in [2.45, 2.75) is 51.1 Å². The molecule has 1 atom stereocenters. The van der Waals surface area contributed by atoms with Crippen molar-refractivity contribution in [3.8, 4) is 11.4 Å². The molecule has 4 heterocycles. The largest absolute Gasteiger partial charge is 0.490 e. The fourth-order valence-electron chi connectivity index (χ4n) is 4.63. The van der Waals surface area contributed by atoms with Crippen molar-refractivity contribution in [1.29, 1.82) is 0 Å². The van der Waals surface area contributed by atoms with Crippen LogP contribution in [0.15, 0.2) is 35.4 Å². The molecule has 2 aliphatic rings. The minimum atomic E-state index is -0.467. The highest BCUT2D eigenvalue weighted by molar-refractivity contribution is 7.18. The van der Waals surface area contributed by atoms with Gasteiger partial charge in [0, 0.05) is 23.5 Å². The normalized spacial score (nSPS) is 19.6. The molecule has 0 saturated carbocycles. The van der Waals surface area contributed by atoms with Crippen LogP contribution in [-0.2, 0) is 6.54 Å². The third-order valence-corrected chi connectivity index (χ3v) is 7.49. The first-order valence-corrected chi connectivity index (χ1v) is 12.4. The van der Waals surface area contributed by atoms with E-state index in [4.69, 9.17) is 4.74 Å². The molecule has 170 valence electrons. The molecule has 2 saturated heterocycles. The molecule has 1 N–H and O–H groups in total. The number of hydrogen-bond donors (Lipinski definition) is 1. The number of nitrogens with zero attached hydrogens (tertiary/aromatic N) is 3. The van der Waals surface area contributed by atoms with Crippen molar-refractivity contribution in [1.82, 2.24) is 19.8 Å². The summed E-state index contributed by atoms with van der Waals surface area (Å²) in [6.07, 6.45) is 8.45. The molecule has 8 heteroatoms. The van der Waals surface area contributed by atoms with Gasteiger partial charge in [-0.25, -0.2) is 9.37 Å². The first kappa shape index (κ1) is 21.6. The van der Waals surface area contributed by atoms with Crippen LogP contribution in [0.3, 0.4) is 0 Å². The monoisotopic (exact) mass is 456 g/mol. The Hall–Kier alpha value is -2.29. The summed E-state index contributed by atoms with van der Waals surface area (Å²) in [6.45, 7) is 4.59. The molecule has 1 aromatic carbocycles. The molecule has 1 unspecified atom stereocenters. The average Bonchev–Trinajstić information content (AvgIpc) is 3.46. The molecule has 0 bridgehead atoms. The number of piperidine rings is 1. The maximum atomic E-state index is 14.7. The van der Waals surface area contributed by atoms with Crippen LogP contribution in [-0.4, -0.2) is 46.7 Å². The molecule has 32 heavy (non-hydrogen) atoms. The Kier molecular flexibility index (Phi) is 6.52. The van der Waals surface area contributed by atoms with Crippen LogP contribution < -0.4 is 15.6 Å². The Morgan fingerprint density at radius 1 is 1.19 bits per heavy atom. The third-order valence-electron chi connectivity index (χ3n) is 6.40. The first-order valence-electron chi connectivity index (χ1n) is 11.6. The fourth-order valence-corrected chi connectivity index (χ4v) is 5.71. The Balaban J connectivity index is 1.31. The van der Waals surface area contributed by atoms with Gasteiger partial charge in [-0.1, -0.05) is 6.42 Å². The standard InChI is InChI=1S/C24H29FN4O2S/c25-20-13-18(6-7-22(20)31-12-8-17-5-4-9-26-17)29-16-27-21-14-19(32-23(21)24(29)30)15-28-10-2-1-3-11-28/h6-7,13-14,16-17,26H,1-5,8-12,15H2. The van der Waals surface area contributed by atoms with Crippen LogP contribution in [0.4, 0.5) is 4.39 Å². The summed E-state index contributed by atoms with van der Waals surface area (Å²) in [6, 6.07) is 7.12. The summed E-state index contributed by atoms with van der Waals surface area (Å²) in [7, 11) is 0. The lowest BCUT2D eigenvalue weighted by atomic mass is 10.1. The molecule has 2 aliphatic heterocycles. The quantitative estimate of drug-likeness (QED) is 0.580. The van der Waals surface area contributed by atoms with E-state index in [0.29, 0.717) is 28.6 Å². The number of likely N-dealkylation sites (tertiary alicyclic amines) is 1. The number of rotatable bonds is 7. The Bertz CT molecular complexity index is 1130. The van der Waals surface area contributed by atoms with Crippen molar-refractivity contribution in [3.05, 3.63) is 51.6 Å². The number of aromatic nitrogens is 2. The lowest BCUT2D eigenvalue weighted by Crippen LogP contribution is -2.28. The number of nitrogens with one attached hydrogen (secondary N) is 1. The topological polar surface area (TPSA) is 59.4 Å². The number of benzene rings is 1. The van der Waals surface area contributed by atoms with Crippen molar-refractivity contribution in [3.63, 3.8) is 0 Å². The first-order chi connectivity index (χ1) is 15.7. The maximum Gasteiger partial charge on any atom is 0.275 e. The summed E-state index contributed by atoms with van der Waals surface area (Å²) in [5, 5.41) is 3.41. The maximum absolute atomic E-state index is 14.7. The zero-order valence-electron chi connectivity index (χ0n) is 18.2. The van der Waals surface area contributed by atoms with E-state index in [2.05, 4.69) is 15.2 Å². The van der Waals surface area contributed by atoms with Gasteiger partial charge in [0.1, 0.15) is 11.0 Å². The van der Waals surface area contributed by atoms with E-state index in [1.807, 2.05) is 6.07 Å². The molecular weight excluding hydrogens is 427 g/mol. The molecule has 0 aliphatic carbocycles. The van der Waals surface area contributed by atoms with Gasteiger partial charge in [-0.3, -0.25) is 14.3 Å². The second-order valence-corrected chi connectivity index (χ2v) is 9.87. The predicted octanol–water partition coefficient (Wildman–Crippen LogP) is 4.09. The van der Waals surface area contributed by atoms with Gasteiger partial charge in [-0.05, 0) is 69.9 Å². The Labute approximate surface area is 191 Å². The number of thiophene rings is 1. The lowest BCUT2D eigenvalue weighted by Gasteiger charge is -2.25. The third kappa shape index (κ3) is 4.72. The van der Waals surface area contributed by atoms with Gasteiger partial charge < -0.3 is 10.1 Å². The Morgan fingerprint density at radius 3 is 2.84 bits per heavy atom. The van der Waals surface area contributed by atoms with Crippen molar-refractivity contribution < 1.29 is 9.13 Å². The zero-order valence-corrected chi connectivity index (χ0v) is 19.0. The Morgan fingerprint density at radius 2 is 2.06 bits per heavy atom. The second-order valence-electron chi connectivity index (χ2n) is 8.73. The summed E-state index contributed by atoms with van der Waals surface area (Å²) < 4.78 is 22.3. The van der Waals surface area contributed by atoms with Crippen LogP contribution in [0, 0.1) is 5.82 Å². The van der Waals surface area contributed by atoms with E-state index in [-0.39, 0.29) is 11.3 Å². The van der Waals surface area contributed by atoms with Crippen LogP contribution >= 0.6 is 11.3 Å². The van der Waals surface area contributed by atoms with E-state index in [9.17, 15) is 9.18 Å². The van der Waals surface area contributed by atoms with Crippen LogP contribution in [0.1, 0.15) is 43.4 Å². The number of halogens is 1. The molecule has 0 radical (unpaired) electrons. The van der Waals surface area contributed by atoms with E-state index in [1.54, 1.807) is 12.1 Å². The molecule has 5 rings (SSSR count). The summed E-state index contributed by atoms with van der Waals surface area (Å²) in [5.74, 6) is -0.250. The van der Waals surface area contributed by atoms with Crippen LogP contribution in [0.2, 0.25) is 0 Å². The highest BCUT2D eigenvalue weighted by atomic mass is 32.1. The van der Waals surface area contributed by atoms with E-state index < -0.39 is 5.82 Å². The molecule has 6 nitrogen and oxygen atoms in total. The molecular formula is C24H29FN4O2S. The zero-order chi connectivity index (χ0) is 21.9. The van der Waals surface area contributed by atoms with Gasteiger partial charge in [-0.2, -0.15) is 0 Å². The average molecular weight is 457 g/mol. The highest BCUT2D eigenvalue weighted by Gasteiger charge is 2.17. The van der Waals surface area contributed by atoms with E-state index in [0.717, 1.165) is 43.9 Å². The number of hydrogen-bond acceptors (Lipinski definition) is 6. The molecule has 0 spiro atoms. The minimum Gasteiger partial charge on any atom is -0.490 e. The van der Waals surface area contributed by atoms with Gasteiger partial charge in [0.2, 0.25) is 0 Å². The molecule has 3 aromatic rings. The van der Waals surface area contributed by atoms with Gasteiger partial charge in [0.25, 0.3) is 5.56 Å². The van der Waals surface area contributed by atoms with Gasteiger partial charge in [0.15, 0.2) is 11.6 Å². The summed E-state index contributed by atoms with van der Waals surface area (Å²) >= 11 is 1.49. The van der Waals surface area contributed by atoms with Crippen molar-refractivity contribution >= 4 is 21.6 Å².